The molecule has 0 N–H and O–H groups in total. The van der Waals surface area contributed by atoms with Crippen LogP contribution in [0.2, 0.25) is 0 Å². The van der Waals surface area contributed by atoms with E-state index in [1.165, 1.54) is 16.8 Å². The highest BCUT2D eigenvalue weighted by molar-refractivity contribution is 6.23. The Kier molecular flexibility index (Phi) is 4.20. The zero-order chi connectivity index (χ0) is 16.7. The molecule has 2 fully saturated rings. The van der Waals surface area contributed by atoms with E-state index in [4.69, 9.17) is 4.74 Å². The number of likely N-dealkylation sites (N-methyl/N-ethyl adjacent to an activating group) is 2. The highest BCUT2D eigenvalue weighted by atomic mass is 16.5. The molecule has 0 aliphatic carbocycles. The molecule has 8 nitrogen and oxygen atoms in total. The molecule has 0 aromatic heterocycles. The first-order chi connectivity index (χ1) is 10.9. The molecule has 126 valence electrons. The minimum atomic E-state index is -0.501. The lowest BCUT2D eigenvalue weighted by molar-refractivity contribution is -0.566. The monoisotopic (exact) mass is 322 g/mol. The Morgan fingerprint density at radius 1 is 1.22 bits per heavy atom. The largest absolute Gasteiger partial charge is 0.379 e. The fourth-order valence-corrected chi connectivity index (χ4v) is 3.29. The summed E-state index contributed by atoms with van der Waals surface area (Å²) >= 11 is 0. The summed E-state index contributed by atoms with van der Waals surface area (Å²) in [7, 11) is 3.20. The number of amides is 3. The number of rotatable bonds is 3. The van der Waals surface area contributed by atoms with E-state index < -0.39 is 6.04 Å². The van der Waals surface area contributed by atoms with Gasteiger partial charge in [-0.05, 0) is 18.8 Å². The number of ether oxygens (including phenoxy) is 1. The van der Waals surface area contributed by atoms with Gasteiger partial charge in [0.2, 0.25) is 0 Å². The van der Waals surface area contributed by atoms with Gasteiger partial charge in [-0.1, -0.05) is 0 Å². The van der Waals surface area contributed by atoms with E-state index in [9.17, 15) is 9.59 Å². The Morgan fingerprint density at radius 2 is 1.87 bits per heavy atom. The first kappa shape index (κ1) is 16.1. The molecule has 23 heavy (non-hydrogen) atoms. The molecule has 3 aliphatic rings. The second-order valence-electron chi connectivity index (χ2n) is 6.42. The standard InChI is InChI=1S/C15H24N5O3/c1-10(2)20-11(9-19-5-7-23-8-6-19)16-13-12(20)14(21)18(4)15(22)17(13)3/h10,12H,5-9H2,1-4H3/q+1. The van der Waals surface area contributed by atoms with Gasteiger partial charge in [0.15, 0.2) is 0 Å². The van der Waals surface area contributed by atoms with Crippen LogP contribution in [0.1, 0.15) is 13.8 Å². The molecule has 1 atom stereocenters. The van der Waals surface area contributed by atoms with Gasteiger partial charge in [-0.3, -0.25) is 19.5 Å². The van der Waals surface area contributed by atoms with Crippen molar-refractivity contribution in [2.75, 3.05) is 46.9 Å². The van der Waals surface area contributed by atoms with E-state index in [-0.39, 0.29) is 18.0 Å². The number of fused-ring (bicyclic) bond motifs is 1. The topological polar surface area (TPSA) is 68.5 Å². The first-order valence-corrected chi connectivity index (χ1v) is 8.00. The van der Waals surface area contributed by atoms with E-state index in [2.05, 4.69) is 9.89 Å². The number of imide groups is 1. The summed E-state index contributed by atoms with van der Waals surface area (Å²) < 4.78 is 7.42. The van der Waals surface area contributed by atoms with Crippen LogP contribution in [-0.2, 0) is 9.53 Å². The van der Waals surface area contributed by atoms with Crippen molar-refractivity contribution >= 4 is 23.6 Å². The molecule has 0 aromatic rings. The summed E-state index contributed by atoms with van der Waals surface area (Å²) in [5, 5.41) is 0. The molecule has 1 unspecified atom stereocenters. The third-order valence-electron chi connectivity index (χ3n) is 4.57. The molecule has 0 spiro atoms. The lowest BCUT2D eigenvalue weighted by Gasteiger charge is -2.31. The number of hydrogen-bond donors (Lipinski definition) is 0. The first-order valence-electron chi connectivity index (χ1n) is 8.00. The van der Waals surface area contributed by atoms with Crippen LogP contribution in [0.25, 0.3) is 0 Å². The summed E-state index contributed by atoms with van der Waals surface area (Å²) in [6.45, 7) is 7.90. The van der Waals surface area contributed by atoms with Crippen LogP contribution < -0.4 is 0 Å². The maximum absolute atomic E-state index is 12.6. The number of morpholine rings is 1. The number of hydrogen-bond acceptors (Lipinski definition) is 5. The molecule has 3 rings (SSSR count). The third kappa shape index (κ3) is 2.66. The Balaban J connectivity index is 1.94. The quantitative estimate of drug-likeness (QED) is 0.654. The second-order valence-corrected chi connectivity index (χ2v) is 6.42. The van der Waals surface area contributed by atoms with Crippen molar-refractivity contribution in [3.8, 4) is 0 Å². The number of amidine groups is 2. The van der Waals surface area contributed by atoms with E-state index in [1.54, 1.807) is 7.05 Å². The average Bonchev–Trinajstić information content (AvgIpc) is 2.91. The average molecular weight is 322 g/mol. The second kappa shape index (κ2) is 6.01. The van der Waals surface area contributed by atoms with Gasteiger partial charge >= 0.3 is 11.9 Å². The van der Waals surface area contributed by atoms with Crippen LogP contribution >= 0.6 is 0 Å². The number of aliphatic imine (C=N–C) groups is 1. The predicted octanol–water partition coefficient (Wildman–Crippen LogP) is -0.557. The van der Waals surface area contributed by atoms with Crippen molar-refractivity contribution < 1.29 is 18.9 Å². The maximum Gasteiger partial charge on any atom is 0.333 e. The molecule has 0 saturated carbocycles. The van der Waals surface area contributed by atoms with Crippen LogP contribution in [0.3, 0.4) is 0 Å². The molecule has 0 radical (unpaired) electrons. The zero-order valence-corrected chi connectivity index (χ0v) is 14.2. The summed E-state index contributed by atoms with van der Waals surface area (Å²) in [5.74, 6) is 1.18. The minimum Gasteiger partial charge on any atom is -0.379 e. The van der Waals surface area contributed by atoms with E-state index in [0.717, 1.165) is 32.1 Å². The Labute approximate surface area is 136 Å². The van der Waals surface area contributed by atoms with Crippen molar-refractivity contribution in [2.24, 2.45) is 4.99 Å². The number of nitrogens with zero attached hydrogens (tertiary/aromatic N) is 5. The predicted molar refractivity (Wildman–Crippen MR) is 84.8 cm³/mol. The number of urea groups is 1. The summed E-state index contributed by atoms with van der Waals surface area (Å²) in [6, 6.07) is -0.712. The van der Waals surface area contributed by atoms with Crippen LogP contribution in [0.4, 0.5) is 4.79 Å². The lowest BCUT2D eigenvalue weighted by atomic mass is 10.1. The Hall–Kier alpha value is -1.80. The zero-order valence-electron chi connectivity index (χ0n) is 14.2. The van der Waals surface area contributed by atoms with Gasteiger partial charge in [0.25, 0.3) is 17.8 Å². The van der Waals surface area contributed by atoms with Crippen molar-refractivity contribution in [1.29, 1.82) is 0 Å². The molecule has 3 aliphatic heterocycles. The smallest absolute Gasteiger partial charge is 0.333 e. The summed E-state index contributed by atoms with van der Waals surface area (Å²) in [6.07, 6.45) is 0. The van der Waals surface area contributed by atoms with Crippen LogP contribution in [-0.4, -0.2) is 102 Å². The summed E-state index contributed by atoms with van der Waals surface area (Å²) in [5.41, 5.74) is 0. The normalized spacial score (nSPS) is 26.3. The Bertz CT molecular complexity index is 592. The molecule has 0 aromatic carbocycles. The molecule has 8 heteroatoms. The van der Waals surface area contributed by atoms with Crippen molar-refractivity contribution in [3.63, 3.8) is 0 Å². The van der Waals surface area contributed by atoms with Gasteiger partial charge in [0.1, 0.15) is 6.54 Å². The molecule has 3 heterocycles. The molecule has 3 amide bonds. The fourth-order valence-electron chi connectivity index (χ4n) is 3.29. The lowest BCUT2D eigenvalue weighted by Crippen LogP contribution is -2.62. The SMILES string of the molecule is CC(C)[N+]1=C(CN2CCOCC2)N=C2C1C(=O)N(C)C(=O)N2C. The highest BCUT2D eigenvalue weighted by Gasteiger charge is 2.53. The third-order valence-corrected chi connectivity index (χ3v) is 4.57. The van der Waals surface area contributed by atoms with Crippen LogP contribution in [0.5, 0.6) is 0 Å². The van der Waals surface area contributed by atoms with E-state index in [1.807, 2.05) is 18.4 Å². The maximum atomic E-state index is 12.6. The highest BCUT2D eigenvalue weighted by Crippen LogP contribution is 2.21. The van der Waals surface area contributed by atoms with Crippen LogP contribution in [0.15, 0.2) is 4.99 Å². The number of carbonyl (C=O) groups is 2. The van der Waals surface area contributed by atoms with Gasteiger partial charge in [0, 0.05) is 27.2 Å². The minimum absolute atomic E-state index is 0.122. The van der Waals surface area contributed by atoms with Crippen LogP contribution in [0, 0.1) is 0 Å². The Morgan fingerprint density at radius 3 is 2.48 bits per heavy atom. The van der Waals surface area contributed by atoms with Crippen molar-refractivity contribution in [2.45, 2.75) is 25.9 Å². The van der Waals surface area contributed by atoms with Gasteiger partial charge < -0.3 is 4.74 Å². The summed E-state index contributed by atoms with van der Waals surface area (Å²) in [4.78, 5) is 34.4. The molecule has 0 bridgehead atoms. The van der Waals surface area contributed by atoms with Crippen molar-refractivity contribution in [1.82, 2.24) is 14.7 Å². The fraction of sp³-hybridized carbons (Fsp3) is 0.733. The number of carbonyl (C=O) groups excluding carboxylic acids is 2. The van der Waals surface area contributed by atoms with Gasteiger partial charge in [0.05, 0.1) is 19.3 Å². The van der Waals surface area contributed by atoms with Gasteiger partial charge in [-0.2, -0.15) is 0 Å². The van der Waals surface area contributed by atoms with E-state index in [0.29, 0.717) is 12.4 Å². The van der Waals surface area contributed by atoms with Gasteiger partial charge in [-0.15, -0.1) is 0 Å². The molecule has 2 saturated heterocycles. The molecular formula is C15H24N5O3+. The van der Waals surface area contributed by atoms with Crippen molar-refractivity contribution in [3.05, 3.63) is 0 Å². The van der Waals surface area contributed by atoms with Gasteiger partial charge in [-0.25, -0.2) is 9.37 Å². The molecular weight excluding hydrogens is 298 g/mol. The van der Waals surface area contributed by atoms with E-state index >= 15 is 0 Å².